The minimum absolute atomic E-state index is 0.00565. The maximum absolute atomic E-state index is 12.7. The van der Waals surface area contributed by atoms with Crippen LogP contribution in [0.4, 0.5) is 13.2 Å². The van der Waals surface area contributed by atoms with E-state index in [1.165, 1.54) is 18.2 Å². The Morgan fingerprint density at radius 3 is 2.27 bits per heavy atom. The molecular formula is C25H16ClF3O8. The van der Waals surface area contributed by atoms with Crippen molar-refractivity contribution in [1.82, 2.24) is 0 Å². The molecule has 2 unspecified atom stereocenters. The maximum Gasteiger partial charge on any atom is 0.416 e. The van der Waals surface area contributed by atoms with Crippen molar-refractivity contribution in [3.63, 3.8) is 0 Å². The number of fused-ring (bicyclic) bond motifs is 2. The minimum Gasteiger partial charge on any atom is -0.456 e. The average molecular weight is 537 g/mol. The molecule has 0 amide bonds. The smallest absolute Gasteiger partial charge is 0.416 e. The summed E-state index contributed by atoms with van der Waals surface area (Å²) in [5, 5.41) is 8.88. The van der Waals surface area contributed by atoms with Crippen LogP contribution in [0.15, 0.2) is 60.7 Å². The third-order valence-corrected chi connectivity index (χ3v) is 5.43. The van der Waals surface area contributed by atoms with Crippen molar-refractivity contribution in [3.05, 3.63) is 93.5 Å². The normalized spacial score (nSPS) is 17.6. The number of aliphatic hydroxyl groups is 1. The van der Waals surface area contributed by atoms with E-state index in [4.69, 9.17) is 30.9 Å². The number of hydrogen-bond acceptors (Lipinski definition) is 8. The second kappa shape index (κ2) is 10.1. The molecule has 1 N–H and O–H groups in total. The van der Waals surface area contributed by atoms with E-state index in [0.717, 1.165) is 25.1 Å². The molecule has 3 aromatic carbocycles. The van der Waals surface area contributed by atoms with Gasteiger partial charge in [0.2, 0.25) is 6.29 Å². The van der Waals surface area contributed by atoms with E-state index in [-0.39, 0.29) is 27.6 Å². The van der Waals surface area contributed by atoms with E-state index >= 15 is 0 Å². The predicted molar refractivity (Wildman–Crippen MR) is 120 cm³/mol. The number of alkyl halides is 3. The van der Waals surface area contributed by atoms with Crippen molar-refractivity contribution in [1.29, 1.82) is 0 Å². The molecular weight excluding hydrogens is 521 g/mol. The number of ether oxygens (including phenoxy) is 4. The lowest BCUT2D eigenvalue weighted by molar-refractivity contribution is -0.164. The summed E-state index contributed by atoms with van der Waals surface area (Å²) in [5.41, 5.74) is 0.572. The topological polar surface area (TPSA) is 108 Å². The zero-order valence-electron chi connectivity index (χ0n) is 18.7. The molecule has 0 saturated heterocycles. The molecule has 0 saturated carbocycles. The highest BCUT2D eigenvalue weighted by atomic mass is 35.5. The number of esters is 3. The zero-order valence-corrected chi connectivity index (χ0v) is 19.5. The first kappa shape index (κ1) is 26.0. The van der Waals surface area contributed by atoms with E-state index in [2.05, 4.69) is 4.74 Å². The highest BCUT2D eigenvalue weighted by Gasteiger charge is 2.34. The molecule has 0 fully saturated rings. The summed E-state index contributed by atoms with van der Waals surface area (Å²) in [6.07, 6.45) is -6.80. The second-order valence-electron chi connectivity index (χ2n) is 7.69. The minimum atomic E-state index is -4.52. The Balaban J connectivity index is 0.000000241. The number of aliphatic hydroxyl groups excluding tert-OH is 1. The summed E-state index contributed by atoms with van der Waals surface area (Å²) in [5.74, 6) is -1.58. The van der Waals surface area contributed by atoms with Gasteiger partial charge in [0, 0.05) is 12.5 Å². The van der Waals surface area contributed by atoms with E-state index in [0.29, 0.717) is 11.1 Å². The molecule has 8 nitrogen and oxygen atoms in total. The van der Waals surface area contributed by atoms with Crippen molar-refractivity contribution in [2.75, 3.05) is 0 Å². The third-order valence-electron chi connectivity index (χ3n) is 5.14. The van der Waals surface area contributed by atoms with Gasteiger partial charge in [-0.3, -0.25) is 4.79 Å². The van der Waals surface area contributed by atoms with Gasteiger partial charge in [0.25, 0.3) is 6.29 Å². The van der Waals surface area contributed by atoms with Crippen molar-refractivity contribution in [3.8, 4) is 11.5 Å². The Labute approximate surface area is 212 Å². The number of carbonyl (C=O) groups excluding carboxylic acids is 3. The molecule has 5 rings (SSSR count). The van der Waals surface area contributed by atoms with Crippen molar-refractivity contribution in [2.45, 2.75) is 25.7 Å². The lowest BCUT2D eigenvalue weighted by Gasteiger charge is -2.13. The fourth-order valence-electron chi connectivity index (χ4n) is 3.46. The standard InChI is InChI=1S/C17H10ClF3O5.C8H6O3/c1-8(22)24-16-12-7-10(3-4-11(12)15(23)26-16)25-14-5-2-9(6-13(14)18)17(19,20)21;9-7-5-3-1-2-4-6(5)8(10)11-7/h2-7,16H,1H3;1-4,7,9H. The Morgan fingerprint density at radius 2 is 1.62 bits per heavy atom. The molecule has 2 aliphatic rings. The summed E-state index contributed by atoms with van der Waals surface area (Å²) < 4.78 is 57.9. The van der Waals surface area contributed by atoms with Gasteiger partial charge < -0.3 is 24.1 Å². The van der Waals surface area contributed by atoms with Crippen LogP contribution in [0.2, 0.25) is 5.02 Å². The van der Waals surface area contributed by atoms with Gasteiger partial charge in [0.1, 0.15) is 11.5 Å². The molecule has 0 aromatic heterocycles. The monoisotopic (exact) mass is 536 g/mol. The fraction of sp³-hybridized carbons (Fsp3) is 0.160. The molecule has 37 heavy (non-hydrogen) atoms. The summed E-state index contributed by atoms with van der Waals surface area (Å²) in [6, 6.07) is 13.7. The number of benzene rings is 3. The molecule has 0 radical (unpaired) electrons. The Kier molecular flexibility index (Phi) is 7.10. The fourth-order valence-corrected chi connectivity index (χ4v) is 3.68. The number of cyclic esters (lactones) is 2. The molecule has 0 bridgehead atoms. The number of rotatable bonds is 3. The third kappa shape index (κ3) is 5.68. The Hall–Kier alpha value is -4.09. The van der Waals surface area contributed by atoms with Crippen molar-refractivity contribution >= 4 is 29.5 Å². The highest BCUT2D eigenvalue weighted by Crippen LogP contribution is 2.39. The Morgan fingerprint density at radius 1 is 0.946 bits per heavy atom. The van der Waals surface area contributed by atoms with Gasteiger partial charge in [0.05, 0.1) is 27.3 Å². The number of hydrogen-bond donors (Lipinski definition) is 1. The van der Waals surface area contributed by atoms with Crippen LogP contribution in [0.1, 0.15) is 56.9 Å². The van der Waals surface area contributed by atoms with Gasteiger partial charge >= 0.3 is 24.1 Å². The predicted octanol–water partition coefficient (Wildman–Crippen LogP) is 5.73. The SMILES string of the molecule is CC(=O)OC1OC(=O)c2ccc(Oc3ccc(C(F)(F)F)cc3Cl)cc21.O=C1OC(O)c2ccccc21. The average Bonchev–Trinajstić information content (AvgIpc) is 3.29. The van der Waals surface area contributed by atoms with Gasteiger partial charge in [-0.05, 0) is 42.5 Å². The van der Waals surface area contributed by atoms with Crippen LogP contribution in [0.5, 0.6) is 11.5 Å². The Bertz CT molecular complexity index is 1390. The number of halogens is 4. The van der Waals surface area contributed by atoms with Crippen LogP contribution < -0.4 is 4.74 Å². The van der Waals surface area contributed by atoms with Crippen molar-refractivity contribution in [2.24, 2.45) is 0 Å². The summed E-state index contributed by atoms with van der Waals surface area (Å²) in [6.45, 7) is 1.16. The molecule has 2 aliphatic heterocycles. The van der Waals surface area contributed by atoms with E-state index < -0.39 is 42.2 Å². The number of carbonyl (C=O) groups is 3. The second-order valence-corrected chi connectivity index (χ2v) is 8.09. The summed E-state index contributed by atoms with van der Waals surface area (Å²) in [4.78, 5) is 33.7. The van der Waals surface area contributed by atoms with Crippen LogP contribution in [-0.4, -0.2) is 23.0 Å². The first-order valence-corrected chi connectivity index (χ1v) is 10.9. The summed E-state index contributed by atoms with van der Waals surface area (Å²) in [7, 11) is 0. The molecule has 12 heteroatoms. The quantitative estimate of drug-likeness (QED) is 0.423. The van der Waals surface area contributed by atoms with Crippen LogP contribution in [-0.2, 0) is 25.2 Å². The molecule has 2 atom stereocenters. The zero-order chi connectivity index (χ0) is 26.9. The van der Waals surface area contributed by atoms with E-state index in [1.807, 2.05) is 0 Å². The van der Waals surface area contributed by atoms with Crippen molar-refractivity contribution < 1.29 is 51.6 Å². The van der Waals surface area contributed by atoms with Gasteiger partial charge in [-0.2, -0.15) is 13.2 Å². The van der Waals surface area contributed by atoms with E-state index in [1.54, 1.807) is 24.3 Å². The summed E-state index contributed by atoms with van der Waals surface area (Å²) >= 11 is 5.85. The lowest BCUT2D eigenvalue weighted by Crippen LogP contribution is -2.08. The largest absolute Gasteiger partial charge is 0.456 e. The van der Waals surface area contributed by atoms with Crippen LogP contribution in [0.3, 0.4) is 0 Å². The maximum atomic E-state index is 12.7. The van der Waals surface area contributed by atoms with Gasteiger partial charge in [-0.25, -0.2) is 9.59 Å². The molecule has 0 aliphatic carbocycles. The molecule has 0 spiro atoms. The van der Waals surface area contributed by atoms with Crippen LogP contribution in [0.25, 0.3) is 0 Å². The first-order valence-electron chi connectivity index (χ1n) is 10.5. The van der Waals surface area contributed by atoms with Gasteiger partial charge in [-0.1, -0.05) is 29.8 Å². The highest BCUT2D eigenvalue weighted by molar-refractivity contribution is 6.32. The van der Waals surface area contributed by atoms with Gasteiger partial charge in [-0.15, -0.1) is 0 Å². The van der Waals surface area contributed by atoms with Crippen LogP contribution >= 0.6 is 11.6 Å². The van der Waals surface area contributed by atoms with Gasteiger partial charge in [0.15, 0.2) is 0 Å². The van der Waals surface area contributed by atoms with Crippen LogP contribution in [0, 0.1) is 0 Å². The van der Waals surface area contributed by atoms with E-state index in [9.17, 15) is 27.6 Å². The molecule has 2 heterocycles. The first-order chi connectivity index (χ1) is 17.4. The molecule has 192 valence electrons. The lowest BCUT2D eigenvalue weighted by atomic mass is 10.1. The molecule has 3 aromatic rings.